The van der Waals surface area contributed by atoms with E-state index < -0.39 is 0 Å². The number of hydrogen-bond donors (Lipinski definition) is 2. The highest BCUT2D eigenvalue weighted by Gasteiger charge is 2.13. The second-order valence-electron chi connectivity index (χ2n) is 5.22. The average molecular weight is 268 g/mol. The SMILES string of the molecule is COc1ccc(F)cc1CNC(=O)CCC(C)(C)N. The first-order valence-electron chi connectivity index (χ1n) is 6.20. The molecule has 5 heteroatoms. The first-order chi connectivity index (χ1) is 8.81. The number of benzene rings is 1. The molecule has 1 amide bonds. The van der Waals surface area contributed by atoms with Crippen molar-refractivity contribution in [3.63, 3.8) is 0 Å². The lowest BCUT2D eigenvalue weighted by atomic mass is 10.00. The number of ether oxygens (including phenoxy) is 1. The number of nitrogens with two attached hydrogens (primary N) is 1. The summed E-state index contributed by atoms with van der Waals surface area (Å²) < 4.78 is 18.2. The topological polar surface area (TPSA) is 64.3 Å². The molecule has 0 atom stereocenters. The Morgan fingerprint density at radius 2 is 2.16 bits per heavy atom. The summed E-state index contributed by atoms with van der Waals surface area (Å²) >= 11 is 0. The van der Waals surface area contributed by atoms with Gasteiger partial charge in [0.1, 0.15) is 11.6 Å². The molecule has 0 unspecified atom stereocenters. The minimum atomic E-state index is -0.367. The van der Waals surface area contributed by atoms with E-state index in [-0.39, 0.29) is 23.8 Å². The third kappa shape index (κ3) is 5.70. The van der Waals surface area contributed by atoms with Crippen LogP contribution in [0.15, 0.2) is 18.2 Å². The van der Waals surface area contributed by atoms with Crippen LogP contribution in [-0.4, -0.2) is 18.6 Å². The maximum absolute atomic E-state index is 13.1. The molecule has 0 aromatic heterocycles. The minimum absolute atomic E-state index is 0.107. The fourth-order valence-corrected chi connectivity index (χ4v) is 1.60. The number of amides is 1. The molecule has 0 fully saturated rings. The quantitative estimate of drug-likeness (QED) is 0.829. The molecule has 1 rings (SSSR count). The highest BCUT2D eigenvalue weighted by Crippen LogP contribution is 2.19. The van der Waals surface area contributed by atoms with E-state index in [9.17, 15) is 9.18 Å². The van der Waals surface area contributed by atoms with Gasteiger partial charge in [-0.3, -0.25) is 4.79 Å². The zero-order chi connectivity index (χ0) is 14.5. The standard InChI is InChI=1S/C14H21FN2O2/c1-14(2,16)7-6-13(18)17-9-10-8-11(15)4-5-12(10)19-3/h4-5,8H,6-7,9,16H2,1-3H3,(H,17,18). The summed E-state index contributed by atoms with van der Waals surface area (Å²) in [6, 6.07) is 4.22. The number of halogens is 1. The molecule has 4 nitrogen and oxygen atoms in total. The lowest BCUT2D eigenvalue weighted by Gasteiger charge is -2.17. The molecule has 0 radical (unpaired) electrons. The molecule has 0 aliphatic heterocycles. The minimum Gasteiger partial charge on any atom is -0.496 e. The highest BCUT2D eigenvalue weighted by molar-refractivity contribution is 5.76. The van der Waals surface area contributed by atoms with Gasteiger partial charge in [0, 0.05) is 24.1 Å². The summed E-state index contributed by atoms with van der Waals surface area (Å²) in [7, 11) is 1.51. The van der Waals surface area contributed by atoms with Crippen molar-refractivity contribution in [3.8, 4) is 5.75 Å². The Balaban J connectivity index is 2.52. The predicted molar refractivity (Wildman–Crippen MR) is 72.3 cm³/mol. The van der Waals surface area contributed by atoms with Crippen LogP contribution >= 0.6 is 0 Å². The maximum Gasteiger partial charge on any atom is 0.220 e. The van der Waals surface area contributed by atoms with Gasteiger partial charge in [0.15, 0.2) is 0 Å². The summed E-state index contributed by atoms with van der Waals surface area (Å²) in [5, 5.41) is 2.73. The Hall–Kier alpha value is -1.62. The van der Waals surface area contributed by atoms with Crippen molar-refractivity contribution in [3.05, 3.63) is 29.6 Å². The number of hydrogen-bond acceptors (Lipinski definition) is 3. The molecule has 1 aromatic rings. The molecular weight excluding hydrogens is 247 g/mol. The van der Waals surface area contributed by atoms with Crippen LogP contribution in [0.5, 0.6) is 5.75 Å². The third-order valence-electron chi connectivity index (χ3n) is 2.71. The van der Waals surface area contributed by atoms with E-state index >= 15 is 0 Å². The van der Waals surface area contributed by atoms with Crippen molar-refractivity contribution in [2.75, 3.05) is 7.11 Å². The average Bonchev–Trinajstić information content (AvgIpc) is 2.33. The Kier molecular flexibility index (Phi) is 5.30. The summed E-state index contributed by atoms with van der Waals surface area (Å²) in [6.07, 6.45) is 0.945. The van der Waals surface area contributed by atoms with E-state index in [4.69, 9.17) is 10.5 Å². The summed E-state index contributed by atoms with van der Waals surface area (Å²) in [4.78, 5) is 11.6. The van der Waals surface area contributed by atoms with E-state index in [1.54, 1.807) is 6.07 Å². The van der Waals surface area contributed by atoms with Crippen molar-refractivity contribution in [1.29, 1.82) is 0 Å². The molecule has 0 saturated heterocycles. The molecule has 19 heavy (non-hydrogen) atoms. The third-order valence-corrected chi connectivity index (χ3v) is 2.71. The number of rotatable bonds is 6. The van der Waals surface area contributed by atoms with Crippen molar-refractivity contribution < 1.29 is 13.9 Å². The second kappa shape index (κ2) is 6.52. The molecule has 3 N–H and O–H groups in total. The lowest BCUT2D eigenvalue weighted by Crippen LogP contribution is -2.34. The van der Waals surface area contributed by atoms with E-state index in [0.29, 0.717) is 24.2 Å². The van der Waals surface area contributed by atoms with Crippen LogP contribution in [0.25, 0.3) is 0 Å². The van der Waals surface area contributed by atoms with Crippen molar-refractivity contribution >= 4 is 5.91 Å². The van der Waals surface area contributed by atoms with Gasteiger partial charge in [-0.05, 0) is 38.5 Å². The van der Waals surface area contributed by atoms with Gasteiger partial charge in [-0.1, -0.05) is 0 Å². The van der Waals surface area contributed by atoms with Crippen molar-refractivity contribution in [2.45, 2.75) is 38.8 Å². The van der Waals surface area contributed by atoms with Gasteiger partial charge < -0.3 is 15.8 Å². The van der Waals surface area contributed by atoms with E-state index in [0.717, 1.165) is 0 Å². The zero-order valence-electron chi connectivity index (χ0n) is 11.6. The predicted octanol–water partition coefficient (Wildman–Crippen LogP) is 1.97. The first kappa shape index (κ1) is 15.4. The second-order valence-corrected chi connectivity index (χ2v) is 5.22. The number of carbonyl (C=O) groups excluding carboxylic acids is 1. The van der Waals surface area contributed by atoms with Crippen LogP contribution in [0.2, 0.25) is 0 Å². The van der Waals surface area contributed by atoms with Gasteiger partial charge >= 0.3 is 0 Å². The van der Waals surface area contributed by atoms with E-state index in [1.807, 2.05) is 13.8 Å². The highest BCUT2D eigenvalue weighted by atomic mass is 19.1. The van der Waals surface area contributed by atoms with Gasteiger partial charge in [0.2, 0.25) is 5.91 Å². The van der Waals surface area contributed by atoms with Gasteiger partial charge in [-0.2, -0.15) is 0 Å². The van der Waals surface area contributed by atoms with E-state index in [2.05, 4.69) is 5.32 Å². The fourth-order valence-electron chi connectivity index (χ4n) is 1.60. The van der Waals surface area contributed by atoms with Gasteiger partial charge in [0.25, 0.3) is 0 Å². The lowest BCUT2D eigenvalue weighted by molar-refractivity contribution is -0.121. The zero-order valence-corrected chi connectivity index (χ0v) is 11.6. The monoisotopic (exact) mass is 268 g/mol. The molecule has 0 spiro atoms. The molecule has 106 valence electrons. The number of carbonyl (C=O) groups is 1. The molecule has 1 aromatic carbocycles. The van der Waals surface area contributed by atoms with Crippen LogP contribution in [0.4, 0.5) is 4.39 Å². The van der Waals surface area contributed by atoms with Gasteiger partial charge in [-0.15, -0.1) is 0 Å². The Bertz CT molecular complexity index is 442. The fraction of sp³-hybridized carbons (Fsp3) is 0.500. The molecule has 0 bridgehead atoms. The number of methoxy groups -OCH3 is 1. The van der Waals surface area contributed by atoms with Gasteiger partial charge in [0.05, 0.1) is 7.11 Å². The van der Waals surface area contributed by atoms with Crippen LogP contribution in [-0.2, 0) is 11.3 Å². The Morgan fingerprint density at radius 1 is 1.47 bits per heavy atom. The summed E-state index contributed by atoms with van der Waals surface area (Å²) in [5.74, 6) is 0.0961. The smallest absolute Gasteiger partial charge is 0.220 e. The first-order valence-corrected chi connectivity index (χ1v) is 6.20. The van der Waals surface area contributed by atoms with Crippen molar-refractivity contribution in [1.82, 2.24) is 5.32 Å². The maximum atomic E-state index is 13.1. The Labute approximate surface area is 113 Å². The van der Waals surface area contributed by atoms with Crippen LogP contribution in [0.3, 0.4) is 0 Å². The van der Waals surface area contributed by atoms with E-state index in [1.165, 1.54) is 19.2 Å². The molecule has 0 heterocycles. The van der Waals surface area contributed by atoms with Crippen molar-refractivity contribution in [2.24, 2.45) is 5.73 Å². The molecular formula is C14H21FN2O2. The van der Waals surface area contributed by atoms with Gasteiger partial charge in [-0.25, -0.2) is 4.39 Å². The van der Waals surface area contributed by atoms with Crippen LogP contribution in [0, 0.1) is 5.82 Å². The Morgan fingerprint density at radius 3 is 2.74 bits per heavy atom. The molecule has 0 aliphatic rings. The number of nitrogens with one attached hydrogen (secondary N) is 1. The van der Waals surface area contributed by atoms with Crippen LogP contribution in [0.1, 0.15) is 32.3 Å². The normalized spacial score (nSPS) is 11.2. The molecule has 0 aliphatic carbocycles. The summed E-state index contributed by atoms with van der Waals surface area (Å²) in [6.45, 7) is 3.98. The summed E-state index contributed by atoms with van der Waals surface area (Å²) in [5.41, 5.74) is 6.05. The molecule has 0 saturated carbocycles. The van der Waals surface area contributed by atoms with Crippen LogP contribution < -0.4 is 15.8 Å². The largest absolute Gasteiger partial charge is 0.496 e.